The Morgan fingerprint density at radius 3 is 2.50 bits per heavy atom. The molecule has 1 saturated carbocycles. The highest BCUT2D eigenvalue weighted by Gasteiger charge is 2.16. The molecule has 0 amide bonds. The normalized spacial score (nSPS) is 20.3. The van der Waals surface area contributed by atoms with Crippen molar-refractivity contribution < 1.29 is 0 Å². The van der Waals surface area contributed by atoms with Gasteiger partial charge in [0.15, 0.2) is 0 Å². The maximum Gasteiger partial charge on any atom is 0.0213 e. The Hall–Kier alpha value is -0.340. The molecule has 0 heterocycles. The molecule has 94 valence electrons. The molecule has 1 fully saturated rings. The molecule has 0 radical (unpaired) electrons. The van der Waals surface area contributed by atoms with Gasteiger partial charge in [0.1, 0.15) is 0 Å². The first-order valence-electron chi connectivity index (χ1n) is 6.94. The minimum atomic E-state index is 0.517. The second-order valence-corrected chi connectivity index (χ2v) is 5.18. The summed E-state index contributed by atoms with van der Waals surface area (Å²) in [6, 6.07) is 0.517. The fourth-order valence-corrected chi connectivity index (χ4v) is 2.78. The van der Waals surface area contributed by atoms with Gasteiger partial charge >= 0.3 is 0 Å². The number of hydrogen-bond acceptors (Lipinski definition) is 2. The summed E-state index contributed by atoms with van der Waals surface area (Å²) in [5, 5.41) is 0. The molecular formula is C14H28N2. The average Bonchev–Trinajstić information content (AvgIpc) is 2.56. The van der Waals surface area contributed by atoms with Crippen molar-refractivity contribution in [3.05, 3.63) is 12.7 Å². The first-order valence-corrected chi connectivity index (χ1v) is 6.94. The minimum Gasteiger partial charge on any atom is -0.271 e. The fraction of sp³-hybridized carbons (Fsp3) is 0.857. The second kappa shape index (κ2) is 8.77. The fourth-order valence-electron chi connectivity index (χ4n) is 2.78. The van der Waals surface area contributed by atoms with Crippen molar-refractivity contribution in [2.75, 3.05) is 0 Å². The Morgan fingerprint density at radius 2 is 1.94 bits per heavy atom. The second-order valence-electron chi connectivity index (χ2n) is 5.18. The van der Waals surface area contributed by atoms with Crippen molar-refractivity contribution >= 4 is 0 Å². The van der Waals surface area contributed by atoms with Crippen molar-refractivity contribution in [1.29, 1.82) is 0 Å². The van der Waals surface area contributed by atoms with Crippen LogP contribution in [0.3, 0.4) is 0 Å². The summed E-state index contributed by atoms with van der Waals surface area (Å²) in [5.41, 5.74) is 2.99. The SMILES string of the molecule is C=CCCCC(CC1CCCCCC1)NN. The van der Waals surface area contributed by atoms with Crippen molar-refractivity contribution in [3.63, 3.8) is 0 Å². The molecule has 2 nitrogen and oxygen atoms in total. The summed E-state index contributed by atoms with van der Waals surface area (Å²) in [4.78, 5) is 0. The molecule has 1 atom stereocenters. The van der Waals surface area contributed by atoms with E-state index in [2.05, 4.69) is 12.0 Å². The molecule has 0 aromatic heterocycles. The average molecular weight is 224 g/mol. The van der Waals surface area contributed by atoms with Gasteiger partial charge in [-0.25, -0.2) is 0 Å². The third-order valence-corrected chi connectivity index (χ3v) is 3.79. The lowest BCUT2D eigenvalue weighted by molar-refractivity contribution is 0.338. The monoisotopic (exact) mass is 224 g/mol. The van der Waals surface area contributed by atoms with Crippen LogP contribution in [-0.4, -0.2) is 6.04 Å². The number of rotatable bonds is 7. The number of nitrogens with two attached hydrogens (primary N) is 1. The quantitative estimate of drug-likeness (QED) is 0.228. The van der Waals surface area contributed by atoms with Gasteiger partial charge in [-0.05, 0) is 31.6 Å². The molecular weight excluding hydrogens is 196 g/mol. The predicted octanol–water partition coefficient (Wildman–Crippen LogP) is 3.54. The van der Waals surface area contributed by atoms with Crippen LogP contribution >= 0.6 is 0 Å². The maximum atomic E-state index is 5.64. The molecule has 1 aliphatic rings. The lowest BCUT2D eigenvalue weighted by Crippen LogP contribution is -2.36. The molecule has 0 saturated heterocycles. The number of hydrazine groups is 1. The summed E-state index contributed by atoms with van der Waals surface area (Å²) in [7, 11) is 0. The number of unbranched alkanes of at least 4 members (excludes halogenated alkanes) is 1. The van der Waals surface area contributed by atoms with E-state index in [0.717, 1.165) is 12.3 Å². The van der Waals surface area contributed by atoms with Gasteiger partial charge in [0.05, 0.1) is 0 Å². The minimum absolute atomic E-state index is 0.517. The zero-order chi connectivity index (χ0) is 11.6. The van der Waals surface area contributed by atoms with Crippen molar-refractivity contribution in [2.24, 2.45) is 11.8 Å². The van der Waals surface area contributed by atoms with Gasteiger partial charge < -0.3 is 0 Å². The predicted molar refractivity (Wildman–Crippen MR) is 71.0 cm³/mol. The molecule has 0 spiro atoms. The van der Waals surface area contributed by atoms with E-state index in [1.807, 2.05) is 6.08 Å². The zero-order valence-electron chi connectivity index (χ0n) is 10.6. The van der Waals surface area contributed by atoms with Crippen LogP contribution in [0.1, 0.15) is 64.2 Å². The molecule has 0 bridgehead atoms. The molecule has 1 rings (SSSR count). The van der Waals surface area contributed by atoms with Gasteiger partial charge in [-0.1, -0.05) is 44.6 Å². The van der Waals surface area contributed by atoms with E-state index < -0.39 is 0 Å². The van der Waals surface area contributed by atoms with Crippen LogP contribution in [-0.2, 0) is 0 Å². The van der Waals surface area contributed by atoms with Gasteiger partial charge in [-0.15, -0.1) is 6.58 Å². The third-order valence-electron chi connectivity index (χ3n) is 3.79. The van der Waals surface area contributed by atoms with E-state index in [-0.39, 0.29) is 0 Å². The first kappa shape index (κ1) is 13.7. The summed E-state index contributed by atoms with van der Waals surface area (Å²) in [6.07, 6.45) is 15.4. The summed E-state index contributed by atoms with van der Waals surface area (Å²) < 4.78 is 0. The number of allylic oxidation sites excluding steroid dienone is 1. The molecule has 16 heavy (non-hydrogen) atoms. The Balaban J connectivity index is 2.21. The lowest BCUT2D eigenvalue weighted by Gasteiger charge is -2.21. The van der Waals surface area contributed by atoms with Crippen molar-refractivity contribution in [2.45, 2.75) is 70.3 Å². The summed E-state index contributed by atoms with van der Waals surface area (Å²) in [5.74, 6) is 6.54. The zero-order valence-corrected chi connectivity index (χ0v) is 10.6. The molecule has 1 aliphatic carbocycles. The Kier molecular flexibility index (Phi) is 7.52. The van der Waals surface area contributed by atoms with Crippen LogP contribution in [0.2, 0.25) is 0 Å². The van der Waals surface area contributed by atoms with Gasteiger partial charge in [0, 0.05) is 6.04 Å². The first-order chi connectivity index (χ1) is 7.86. The Morgan fingerprint density at radius 1 is 1.25 bits per heavy atom. The molecule has 2 heteroatoms. The Labute approximate surface area is 101 Å². The molecule has 3 N–H and O–H groups in total. The van der Waals surface area contributed by atoms with Crippen LogP contribution in [0.15, 0.2) is 12.7 Å². The van der Waals surface area contributed by atoms with Gasteiger partial charge in [-0.3, -0.25) is 11.3 Å². The van der Waals surface area contributed by atoms with Crippen LogP contribution in [0.25, 0.3) is 0 Å². The van der Waals surface area contributed by atoms with E-state index in [0.29, 0.717) is 6.04 Å². The van der Waals surface area contributed by atoms with Crippen molar-refractivity contribution in [3.8, 4) is 0 Å². The van der Waals surface area contributed by atoms with Crippen LogP contribution < -0.4 is 11.3 Å². The van der Waals surface area contributed by atoms with Crippen molar-refractivity contribution in [1.82, 2.24) is 5.43 Å². The van der Waals surface area contributed by atoms with E-state index in [1.54, 1.807) is 0 Å². The number of hydrogen-bond donors (Lipinski definition) is 2. The van der Waals surface area contributed by atoms with Gasteiger partial charge in [0.25, 0.3) is 0 Å². The lowest BCUT2D eigenvalue weighted by atomic mass is 9.91. The highest BCUT2D eigenvalue weighted by Crippen LogP contribution is 2.27. The largest absolute Gasteiger partial charge is 0.271 e. The van der Waals surface area contributed by atoms with Crippen LogP contribution in [0, 0.1) is 5.92 Å². The topological polar surface area (TPSA) is 38.0 Å². The standard InChI is InChI=1S/C14H28N2/c1-2-3-6-11-14(16-15)12-13-9-7-4-5-8-10-13/h2,13-14,16H,1,3-12,15H2. The summed E-state index contributed by atoms with van der Waals surface area (Å²) >= 11 is 0. The van der Waals surface area contributed by atoms with Crippen LogP contribution in [0.4, 0.5) is 0 Å². The molecule has 0 aromatic carbocycles. The van der Waals surface area contributed by atoms with E-state index in [1.165, 1.54) is 57.8 Å². The van der Waals surface area contributed by atoms with E-state index >= 15 is 0 Å². The molecule has 0 aromatic rings. The van der Waals surface area contributed by atoms with E-state index in [9.17, 15) is 0 Å². The summed E-state index contributed by atoms with van der Waals surface area (Å²) in [6.45, 7) is 3.76. The highest BCUT2D eigenvalue weighted by atomic mass is 15.2. The third kappa shape index (κ3) is 5.66. The van der Waals surface area contributed by atoms with Crippen LogP contribution in [0.5, 0.6) is 0 Å². The number of nitrogens with one attached hydrogen (secondary N) is 1. The van der Waals surface area contributed by atoms with Gasteiger partial charge in [0.2, 0.25) is 0 Å². The smallest absolute Gasteiger partial charge is 0.0213 e. The molecule has 1 unspecified atom stereocenters. The maximum absolute atomic E-state index is 5.64. The molecule has 0 aliphatic heterocycles. The van der Waals surface area contributed by atoms with Gasteiger partial charge in [-0.2, -0.15) is 0 Å². The van der Waals surface area contributed by atoms with E-state index in [4.69, 9.17) is 5.84 Å². The highest BCUT2D eigenvalue weighted by molar-refractivity contribution is 4.74. The Bertz CT molecular complexity index is 172.